The van der Waals surface area contributed by atoms with Crippen molar-refractivity contribution in [2.75, 3.05) is 12.3 Å². The molecule has 15 heavy (non-hydrogen) atoms. The first-order valence-electron chi connectivity index (χ1n) is 5.62. The van der Waals surface area contributed by atoms with Gasteiger partial charge >= 0.3 is 0 Å². The summed E-state index contributed by atoms with van der Waals surface area (Å²) in [6, 6.07) is 1.23. The number of rotatable bonds is 5. The van der Waals surface area contributed by atoms with Gasteiger partial charge in [0.05, 0.1) is 5.75 Å². The first kappa shape index (κ1) is 13.3. The Kier molecular flexibility index (Phi) is 4.87. The average molecular weight is 254 g/mol. The average Bonchev–Trinajstić information content (AvgIpc) is 2.46. The van der Waals surface area contributed by atoms with E-state index in [2.05, 4.69) is 18.7 Å². The van der Waals surface area contributed by atoms with Crippen LogP contribution in [0.5, 0.6) is 0 Å². The minimum atomic E-state index is -3.31. The number of likely N-dealkylation sites (tertiary alicyclic amines) is 1. The highest BCUT2D eigenvalue weighted by Crippen LogP contribution is 2.25. The zero-order valence-corrected chi connectivity index (χ0v) is 11.0. The van der Waals surface area contributed by atoms with Crippen LogP contribution in [0.15, 0.2) is 0 Å². The second-order valence-electron chi connectivity index (χ2n) is 4.32. The van der Waals surface area contributed by atoms with Crippen LogP contribution in [0, 0.1) is 0 Å². The Bertz CT molecular complexity index is 292. The number of hydrogen-bond donors (Lipinski definition) is 0. The standard InChI is InChI=1S/C10H20ClNO2S/c1-3-10-6-5-9(2)12(10)7-4-8-15(11,13)14/h9-10H,3-8H2,1-2H3. The van der Waals surface area contributed by atoms with Crippen molar-refractivity contribution in [1.82, 2.24) is 4.90 Å². The minimum absolute atomic E-state index is 0.0915. The van der Waals surface area contributed by atoms with Crippen molar-refractivity contribution < 1.29 is 8.42 Å². The molecule has 1 rings (SSSR count). The van der Waals surface area contributed by atoms with E-state index >= 15 is 0 Å². The van der Waals surface area contributed by atoms with Crippen LogP contribution in [0.2, 0.25) is 0 Å². The number of halogens is 1. The van der Waals surface area contributed by atoms with E-state index in [0.717, 1.165) is 13.0 Å². The Hall–Kier alpha value is 0.200. The molecule has 1 heterocycles. The quantitative estimate of drug-likeness (QED) is 0.705. The van der Waals surface area contributed by atoms with Gasteiger partial charge in [-0.05, 0) is 39.2 Å². The van der Waals surface area contributed by atoms with Crippen LogP contribution in [0.25, 0.3) is 0 Å². The zero-order valence-electron chi connectivity index (χ0n) is 9.45. The van der Waals surface area contributed by atoms with Crippen molar-refractivity contribution in [1.29, 1.82) is 0 Å². The summed E-state index contributed by atoms with van der Waals surface area (Å²) in [5.41, 5.74) is 0. The second-order valence-corrected chi connectivity index (χ2v) is 7.22. The molecule has 0 aromatic rings. The van der Waals surface area contributed by atoms with E-state index in [0.29, 0.717) is 18.5 Å². The number of hydrogen-bond acceptors (Lipinski definition) is 3. The molecule has 0 saturated carbocycles. The Balaban J connectivity index is 2.36. The normalized spacial score (nSPS) is 28.5. The lowest BCUT2D eigenvalue weighted by Crippen LogP contribution is -2.35. The number of nitrogens with zero attached hydrogens (tertiary/aromatic N) is 1. The molecule has 2 atom stereocenters. The molecule has 5 heteroatoms. The van der Waals surface area contributed by atoms with Crippen LogP contribution in [0.4, 0.5) is 0 Å². The minimum Gasteiger partial charge on any atom is -0.298 e. The molecule has 1 fully saturated rings. The second kappa shape index (κ2) is 5.51. The van der Waals surface area contributed by atoms with Crippen LogP contribution in [0.3, 0.4) is 0 Å². The predicted octanol–water partition coefficient (Wildman–Crippen LogP) is 2.21. The summed E-state index contributed by atoms with van der Waals surface area (Å²) in [4.78, 5) is 2.42. The third-order valence-corrected chi connectivity index (χ3v) is 4.47. The maximum Gasteiger partial charge on any atom is 0.232 e. The first-order chi connectivity index (χ1) is 6.94. The lowest BCUT2D eigenvalue weighted by atomic mass is 10.1. The van der Waals surface area contributed by atoms with E-state index in [1.165, 1.54) is 12.8 Å². The van der Waals surface area contributed by atoms with Crippen LogP contribution >= 0.6 is 10.7 Å². The van der Waals surface area contributed by atoms with Crippen molar-refractivity contribution in [2.24, 2.45) is 0 Å². The summed E-state index contributed by atoms with van der Waals surface area (Å²) >= 11 is 0. The third kappa shape index (κ3) is 4.29. The fraction of sp³-hybridized carbons (Fsp3) is 1.00. The molecule has 0 N–H and O–H groups in total. The molecule has 3 nitrogen and oxygen atoms in total. The molecular weight excluding hydrogens is 234 g/mol. The Labute approximate surface area is 97.2 Å². The van der Waals surface area contributed by atoms with Crippen LogP contribution in [-0.4, -0.2) is 37.7 Å². The molecule has 0 aromatic carbocycles. The molecule has 0 amide bonds. The molecule has 1 saturated heterocycles. The third-order valence-electron chi connectivity index (χ3n) is 3.23. The van der Waals surface area contributed by atoms with Crippen molar-refractivity contribution >= 4 is 19.7 Å². The Morgan fingerprint density at radius 2 is 2.07 bits per heavy atom. The van der Waals surface area contributed by atoms with Gasteiger partial charge in [-0.2, -0.15) is 0 Å². The molecule has 0 aromatic heterocycles. The van der Waals surface area contributed by atoms with E-state index in [1.807, 2.05) is 0 Å². The Morgan fingerprint density at radius 1 is 1.40 bits per heavy atom. The molecule has 2 unspecified atom stereocenters. The van der Waals surface area contributed by atoms with Gasteiger partial charge in [-0.15, -0.1) is 0 Å². The fourth-order valence-electron chi connectivity index (χ4n) is 2.39. The molecule has 1 aliphatic heterocycles. The van der Waals surface area contributed by atoms with Gasteiger partial charge < -0.3 is 0 Å². The molecule has 1 aliphatic rings. The Morgan fingerprint density at radius 3 is 2.60 bits per heavy atom. The highest BCUT2D eigenvalue weighted by atomic mass is 35.7. The smallest absolute Gasteiger partial charge is 0.232 e. The van der Waals surface area contributed by atoms with Crippen LogP contribution in [-0.2, 0) is 9.05 Å². The lowest BCUT2D eigenvalue weighted by Gasteiger charge is -2.27. The summed E-state index contributed by atoms with van der Waals surface area (Å²) in [7, 11) is 1.87. The van der Waals surface area contributed by atoms with Crippen molar-refractivity contribution in [3.05, 3.63) is 0 Å². The van der Waals surface area contributed by atoms with Gasteiger partial charge in [0.2, 0.25) is 9.05 Å². The lowest BCUT2D eigenvalue weighted by molar-refractivity contribution is 0.199. The fourth-order valence-corrected chi connectivity index (χ4v) is 3.19. The molecule has 0 aliphatic carbocycles. The topological polar surface area (TPSA) is 37.4 Å². The monoisotopic (exact) mass is 253 g/mol. The highest BCUT2D eigenvalue weighted by Gasteiger charge is 2.28. The van der Waals surface area contributed by atoms with Crippen molar-refractivity contribution in [2.45, 2.75) is 51.6 Å². The zero-order chi connectivity index (χ0) is 11.5. The van der Waals surface area contributed by atoms with Gasteiger partial charge in [0.15, 0.2) is 0 Å². The molecule has 0 bridgehead atoms. The largest absolute Gasteiger partial charge is 0.298 e. The van der Waals surface area contributed by atoms with E-state index < -0.39 is 9.05 Å². The van der Waals surface area contributed by atoms with E-state index in [4.69, 9.17) is 10.7 Å². The highest BCUT2D eigenvalue weighted by molar-refractivity contribution is 8.13. The predicted molar refractivity (Wildman–Crippen MR) is 63.7 cm³/mol. The molecular formula is C10H20ClNO2S. The summed E-state index contributed by atoms with van der Waals surface area (Å²) in [6.07, 6.45) is 4.27. The van der Waals surface area contributed by atoms with Crippen LogP contribution < -0.4 is 0 Å². The van der Waals surface area contributed by atoms with Gasteiger partial charge in [-0.25, -0.2) is 8.42 Å². The van der Waals surface area contributed by atoms with E-state index in [1.54, 1.807) is 0 Å². The van der Waals surface area contributed by atoms with E-state index in [9.17, 15) is 8.42 Å². The summed E-state index contributed by atoms with van der Waals surface area (Å²) in [5.74, 6) is 0.0915. The maximum atomic E-state index is 10.8. The van der Waals surface area contributed by atoms with Gasteiger partial charge in [-0.1, -0.05) is 6.92 Å². The SMILES string of the molecule is CCC1CCC(C)N1CCCS(=O)(=O)Cl. The van der Waals surface area contributed by atoms with Crippen LogP contribution in [0.1, 0.15) is 39.5 Å². The van der Waals surface area contributed by atoms with E-state index in [-0.39, 0.29) is 5.75 Å². The first-order valence-corrected chi connectivity index (χ1v) is 8.10. The van der Waals surface area contributed by atoms with Gasteiger partial charge in [0, 0.05) is 22.8 Å². The van der Waals surface area contributed by atoms with Gasteiger partial charge in [-0.3, -0.25) is 4.90 Å². The van der Waals surface area contributed by atoms with Crippen molar-refractivity contribution in [3.63, 3.8) is 0 Å². The van der Waals surface area contributed by atoms with Gasteiger partial charge in [0.25, 0.3) is 0 Å². The summed E-state index contributed by atoms with van der Waals surface area (Å²) in [6.45, 7) is 5.25. The summed E-state index contributed by atoms with van der Waals surface area (Å²) in [5, 5.41) is 0. The van der Waals surface area contributed by atoms with Crippen molar-refractivity contribution in [3.8, 4) is 0 Å². The molecule has 90 valence electrons. The molecule has 0 spiro atoms. The molecule has 0 radical (unpaired) electrons. The maximum absolute atomic E-state index is 10.8. The van der Waals surface area contributed by atoms with Gasteiger partial charge in [0.1, 0.15) is 0 Å². The summed E-state index contributed by atoms with van der Waals surface area (Å²) < 4.78 is 21.6.